The van der Waals surface area contributed by atoms with Crippen LogP contribution in [0.25, 0.3) is 0 Å². The Morgan fingerprint density at radius 3 is 2.45 bits per heavy atom. The minimum Gasteiger partial charge on any atom is -0.488 e. The predicted octanol–water partition coefficient (Wildman–Crippen LogP) is 4.13. The Morgan fingerprint density at radius 2 is 1.83 bits per heavy atom. The molecule has 1 atom stereocenters. The van der Waals surface area contributed by atoms with Gasteiger partial charge >= 0.3 is 5.97 Å². The van der Waals surface area contributed by atoms with Crippen molar-refractivity contribution in [1.29, 1.82) is 5.26 Å². The summed E-state index contributed by atoms with van der Waals surface area (Å²) in [6, 6.07) is 15.9. The topological polar surface area (TPSA) is 88.4 Å². The Morgan fingerprint density at radius 1 is 1.17 bits per heavy atom. The summed E-state index contributed by atoms with van der Waals surface area (Å²) in [6.45, 7) is 5.02. The lowest BCUT2D eigenvalue weighted by molar-refractivity contribution is -0.125. The van der Waals surface area contributed by atoms with Gasteiger partial charge in [-0.2, -0.15) is 5.26 Å². The molecular weight excluding hydrogens is 392 g/mol. The first-order chi connectivity index (χ1) is 13.7. The number of benzene rings is 2. The maximum absolute atomic E-state index is 12.4. The SMILES string of the molecule is CC(C)[C@@](C)(C#N)NC(=O)COC(=O)c1ccccc1OCc1ccc(Cl)cc1. The number of esters is 1. The van der Waals surface area contributed by atoms with Crippen molar-refractivity contribution in [2.75, 3.05) is 6.61 Å². The van der Waals surface area contributed by atoms with Crippen LogP contribution in [0, 0.1) is 17.2 Å². The highest BCUT2D eigenvalue weighted by Crippen LogP contribution is 2.21. The second-order valence-corrected chi connectivity index (χ2v) is 7.44. The minimum absolute atomic E-state index is 0.103. The van der Waals surface area contributed by atoms with Crippen molar-refractivity contribution in [3.63, 3.8) is 0 Å². The Bertz CT molecular complexity index is 906. The lowest BCUT2D eigenvalue weighted by atomic mass is 9.90. The molecule has 0 spiro atoms. The van der Waals surface area contributed by atoms with Crippen LogP contribution in [-0.2, 0) is 16.1 Å². The van der Waals surface area contributed by atoms with E-state index in [2.05, 4.69) is 11.4 Å². The number of nitrogens with zero attached hydrogens (tertiary/aromatic N) is 1. The molecule has 2 aromatic carbocycles. The number of carbonyl (C=O) groups excluding carboxylic acids is 2. The number of nitriles is 1. The van der Waals surface area contributed by atoms with E-state index in [0.29, 0.717) is 10.8 Å². The van der Waals surface area contributed by atoms with E-state index in [1.54, 1.807) is 43.3 Å². The summed E-state index contributed by atoms with van der Waals surface area (Å²) in [5.41, 5.74) is 0.0610. The molecule has 6 nitrogen and oxygen atoms in total. The highest BCUT2D eigenvalue weighted by molar-refractivity contribution is 6.30. The molecule has 0 fully saturated rings. The van der Waals surface area contributed by atoms with Gasteiger partial charge < -0.3 is 14.8 Å². The number of para-hydroxylation sites is 1. The van der Waals surface area contributed by atoms with Gasteiger partial charge in [0, 0.05) is 5.02 Å². The van der Waals surface area contributed by atoms with Gasteiger partial charge in [0.05, 0.1) is 6.07 Å². The summed E-state index contributed by atoms with van der Waals surface area (Å²) in [7, 11) is 0. The first kappa shape index (κ1) is 22.3. The molecule has 0 radical (unpaired) electrons. The largest absolute Gasteiger partial charge is 0.488 e. The third-order valence-electron chi connectivity index (χ3n) is 4.53. The van der Waals surface area contributed by atoms with Crippen molar-refractivity contribution in [2.45, 2.75) is 32.9 Å². The molecule has 0 aromatic heterocycles. The fourth-order valence-electron chi connectivity index (χ4n) is 2.34. The fraction of sp³-hybridized carbons (Fsp3) is 0.318. The van der Waals surface area contributed by atoms with Crippen molar-refractivity contribution < 1.29 is 19.1 Å². The van der Waals surface area contributed by atoms with Crippen LogP contribution in [0.5, 0.6) is 5.75 Å². The first-order valence-electron chi connectivity index (χ1n) is 9.11. The van der Waals surface area contributed by atoms with Crippen LogP contribution in [-0.4, -0.2) is 24.0 Å². The number of carbonyl (C=O) groups is 2. The van der Waals surface area contributed by atoms with Gasteiger partial charge in [0.15, 0.2) is 6.61 Å². The van der Waals surface area contributed by atoms with Gasteiger partial charge in [-0.3, -0.25) is 4.79 Å². The Hall–Kier alpha value is -3.04. The molecule has 2 rings (SSSR count). The van der Waals surface area contributed by atoms with Gasteiger partial charge in [-0.1, -0.05) is 49.7 Å². The molecule has 0 aliphatic rings. The van der Waals surface area contributed by atoms with Gasteiger partial charge in [0.2, 0.25) is 0 Å². The molecule has 0 unspecified atom stereocenters. The third kappa shape index (κ3) is 6.23. The average Bonchev–Trinajstić information content (AvgIpc) is 2.71. The van der Waals surface area contributed by atoms with E-state index < -0.39 is 24.0 Å². The van der Waals surface area contributed by atoms with E-state index in [4.69, 9.17) is 21.1 Å². The summed E-state index contributed by atoms with van der Waals surface area (Å²) in [4.78, 5) is 24.5. The van der Waals surface area contributed by atoms with E-state index in [0.717, 1.165) is 5.56 Å². The molecule has 0 saturated heterocycles. The smallest absolute Gasteiger partial charge is 0.342 e. The zero-order chi connectivity index (χ0) is 21.4. The monoisotopic (exact) mass is 414 g/mol. The van der Waals surface area contributed by atoms with E-state index in [1.807, 2.05) is 26.0 Å². The average molecular weight is 415 g/mol. The molecule has 0 bridgehead atoms. The zero-order valence-corrected chi connectivity index (χ0v) is 17.3. The number of hydrogen-bond acceptors (Lipinski definition) is 5. The molecule has 152 valence electrons. The molecule has 29 heavy (non-hydrogen) atoms. The van der Waals surface area contributed by atoms with Crippen LogP contribution in [0.4, 0.5) is 0 Å². The lowest BCUT2D eigenvalue weighted by Crippen LogP contribution is -2.50. The number of amides is 1. The van der Waals surface area contributed by atoms with Crippen LogP contribution in [0.2, 0.25) is 5.02 Å². The highest BCUT2D eigenvalue weighted by atomic mass is 35.5. The molecule has 1 N–H and O–H groups in total. The highest BCUT2D eigenvalue weighted by Gasteiger charge is 2.30. The number of rotatable bonds is 8. The number of nitrogens with one attached hydrogen (secondary N) is 1. The van der Waals surface area contributed by atoms with E-state index in [1.165, 1.54) is 0 Å². The second-order valence-electron chi connectivity index (χ2n) is 7.00. The Kier molecular flexibility index (Phi) is 7.63. The molecule has 1 amide bonds. The zero-order valence-electron chi connectivity index (χ0n) is 16.6. The first-order valence-corrected chi connectivity index (χ1v) is 9.48. The van der Waals surface area contributed by atoms with Crippen molar-refractivity contribution in [1.82, 2.24) is 5.32 Å². The molecule has 0 aliphatic carbocycles. The van der Waals surface area contributed by atoms with Gasteiger partial charge in [-0.15, -0.1) is 0 Å². The molecule has 0 aliphatic heterocycles. The summed E-state index contributed by atoms with van der Waals surface area (Å²) in [5, 5.41) is 12.5. The quantitative estimate of drug-likeness (QED) is 0.656. The van der Waals surface area contributed by atoms with E-state index >= 15 is 0 Å². The predicted molar refractivity (Wildman–Crippen MR) is 110 cm³/mol. The van der Waals surface area contributed by atoms with Crippen molar-refractivity contribution >= 4 is 23.5 Å². The fourth-order valence-corrected chi connectivity index (χ4v) is 2.46. The lowest BCUT2D eigenvalue weighted by Gasteiger charge is -2.27. The van der Waals surface area contributed by atoms with Crippen LogP contribution in [0.1, 0.15) is 36.7 Å². The Labute approximate surface area is 175 Å². The van der Waals surface area contributed by atoms with Gasteiger partial charge in [-0.05, 0) is 42.7 Å². The molecular formula is C22H23ClN2O4. The molecule has 0 heterocycles. The number of ether oxygens (including phenoxy) is 2. The normalized spacial score (nSPS) is 12.6. The molecule has 2 aromatic rings. The van der Waals surface area contributed by atoms with Crippen LogP contribution in [0.15, 0.2) is 48.5 Å². The number of halogens is 1. The maximum atomic E-state index is 12.4. The summed E-state index contributed by atoms with van der Waals surface area (Å²) >= 11 is 5.87. The Balaban J connectivity index is 1.98. The third-order valence-corrected chi connectivity index (χ3v) is 4.79. The van der Waals surface area contributed by atoms with Crippen LogP contribution >= 0.6 is 11.6 Å². The summed E-state index contributed by atoms with van der Waals surface area (Å²) in [6.07, 6.45) is 0. The van der Waals surface area contributed by atoms with Crippen molar-refractivity contribution in [3.05, 3.63) is 64.7 Å². The van der Waals surface area contributed by atoms with Crippen molar-refractivity contribution in [2.24, 2.45) is 5.92 Å². The summed E-state index contributed by atoms with van der Waals surface area (Å²) in [5.74, 6) is -0.989. The van der Waals surface area contributed by atoms with Crippen molar-refractivity contribution in [3.8, 4) is 11.8 Å². The van der Waals surface area contributed by atoms with Crippen LogP contribution < -0.4 is 10.1 Å². The molecule has 0 saturated carbocycles. The van der Waals surface area contributed by atoms with Gasteiger partial charge in [0.25, 0.3) is 5.91 Å². The van der Waals surface area contributed by atoms with E-state index in [-0.39, 0.29) is 18.1 Å². The second kappa shape index (κ2) is 9.94. The van der Waals surface area contributed by atoms with Gasteiger partial charge in [-0.25, -0.2) is 4.79 Å². The number of hydrogen-bond donors (Lipinski definition) is 1. The van der Waals surface area contributed by atoms with Gasteiger partial charge in [0.1, 0.15) is 23.5 Å². The standard InChI is InChI=1S/C22H23ClN2O4/c1-15(2)22(3,14-24)25-20(26)13-29-21(27)18-6-4-5-7-19(18)28-12-16-8-10-17(23)11-9-16/h4-11,15H,12-13H2,1-3H3,(H,25,26)/t22-/m1/s1. The summed E-state index contributed by atoms with van der Waals surface area (Å²) < 4.78 is 10.8. The van der Waals surface area contributed by atoms with Crippen LogP contribution in [0.3, 0.4) is 0 Å². The minimum atomic E-state index is -1.04. The molecule has 7 heteroatoms. The van der Waals surface area contributed by atoms with E-state index in [9.17, 15) is 14.9 Å². The maximum Gasteiger partial charge on any atom is 0.342 e.